The van der Waals surface area contributed by atoms with Gasteiger partial charge in [-0.1, -0.05) is 48.5 Å². The average Bonchev–Trinajstić information content (AvgIpc) is 2.90. The highest BCUT2D eigenvalue weighted by Gasteiger charge is 2.24. The maximum atomic E-state index is 12.9. The van der Waals surface area contributed by atoms with Crippen LogP contribution in [-0.4, -0.2) is 23.7 Å². The molecule has 0 fully saturated rings. The molecule has 0 atom stereocenters. The first-order valence-electron chi connectivity index (χ1n) is 9.16. The number of anilines is 1. The second-order valence-corrected chi connectivity index (χ2v) is 6.54. The van der Waals surface area contributed by atoms with Crippen LogP contribution in [0, 0.1) is 10.1 Å². The van der Waals surface area contributed by atoms with Crippen molar-refractivity contribution in [2.45, 2.75) is 0 Å². The lowest BCUT2D eigenvalue weighted by Crippen LogP contribution is -2.12. The number of fused-ring (bicyclic) bond motifs is 1. The van der Waals surface area contributed by atoms with E-state index in [1.54, 1.807) is 19.3 Å². The van der Waals surface area contributed by atoms with Crippen LogP contribution in [0.25, 0.3) is 6.08 Å². The minimum absolute atomic E-state index is 0.0798. The van der Waals surface area contributed by atoms with Crippen molar-refractivity contribution in [3.63, 3.8) is 0 Å². The molecule has 0 radical (unpaired) electrons. The number of ether oxygens (including phenoxy) is 1. The summed E-state index contributed by atoms with van der Waals surface area (Å²) in [4.78, 5) is 28.4. The number of rotatable bonds is 4. The predicted molar refractivity (Wildman–Crippen MR) is 115 cm³/mol. The van der Waals surface area contributed by atoms with Crippen LogP contribution in [0.5, 0.6) is 5.75 Å². The molecule has 1 amide bonds. The Bertz CT molecular complexity index is 1200. The highest BCUT2D eigenvalue weighted by Crippen LogP contribution is 2.30. The Balaban J connectivity index is 1.94. The van der Waals surface area contributed by atoms with Gasteiger partial charge in [-0.15, -0.1) is 0 Å². The molecule has 7 nitrogen and oxygen atoms in total. The Morgan fingerprint density at radius 1 is 1.03 bits per heavy atom. The molecular weight excluding hydrogens is 382 g/mol. The molecule has 0 saturated heterocycles. The molecule has 1 N–H and O–H groups in total. The molecule has 0 spiro atoms. The lowest BCUT2D eigenvalue weighted by Gasteiger charge is -2.09. The van der Waals surface area contributed by atoms with Crippen molar-refractivity contribution in [1.82, 2.24) is 0 Å². The number of benzene rings is 3. The van der Waals surface area contributed by atoms with Crippen LogP contribution in [0.1, 0.15) is 16.7 Å². The summed E-state index contributed by atoms with van der Waals surface area (Å²) in [5.41, 5.74) is 2.92. The molecule has 1 aliphatic rings. The zero-order valence-electron chi connectivity index (χ0n) is 16.0. The summed E-state index contributed by atoms with van der Waals surface area (Å²) < 4.78 is 5.37. The van der Waals surface area contributed by atoms with E-state index in [0.29, 0.717) is 28.3 Å². The minimum atomic E-state index is -0.471. The molecule has 0 unspecified atom stereocenters. The molecule has 30 heavy (non-hydrogen) atoms. The summed E-state index contributed by atoms with van der Waals surface area (Å²) in [6.07, 6.45) is 1.64. The van der Waals surface area contributed by atoms with Crippen molar-refractivity contribution in [2.75, 3.05) is 12.4 Å². The number of methoxy groups -OCH3 is 1. The van der Waals surface area contributed by atoms with Crippen LogP contribution in [-0.2, 0) is 4.79 Å². The summed E-state index contributed by atoms with van der Waals surface area (Å²) in [5.74, 6) is 0.189. The van der Waals surface area contributed by atoms with E-state index >= 15 is 0 Å². The maximum absolute atomic E-state index is 12.9. The van der Waals surface area contributed by atoms with Gasteiger partial charge in [0.2, 0.25) is 0 Å². The van der Waals surface area contributed by atoms with Crippen molar-refractivity contribution in [2.24, 2.45) is 4.99 Å². The zero-order valence-corrected chi connectivity index (χ0v) is 16.0. The first kappa shape index (κ1) is 19.1. The van der Waals surface area contributed by atoms with Gasteiger partial charge in [0, 0.05) is 28.8 Å². The molecule has 148 valence electrons. The van der Waals surface area contributed by atoms with Gasteiger partial charge in [-0.2, -0.15) is 0 Å². The van der Waals surface area contributed by atoms with E-state index in [1.807, 2.05) is 48.5 Å². The first-order chi connectivity index (χ1) is 14.6. The lowest BCUT2D eigenvalue weighted by molar-refractivity contribution is -0.384. The molecule has 0 aromatic heterocycles. The largest absolute Gasteiger partial charge is 0.496 e. The molecule has 0 bridgehead atoms. The number of non-ortho nitro benzene ring substituents is 1. The van der Waals surface area contributed by atoms with Crippen LogP contribution in [0.3, 0.4) is 0 Å². The number of benzodiazepines with no additional fused rings is 1. The number of carbonyl (C=O) groups excluding carboxylic acids is 1. The third kappa shape index (κ3) is 3.68. The van der Waals surface area contributed by atoms with E-state index < -0.39 is 10.8 Å². The van der Waals surface area contributed by atoms with Crippen LogP contribution in [0.4, 0.5) is 11.4 Å². The fraction of sp³-hybridized carbons (Fsp3) is 0.0435. The summed E-state index contributed by atoms with van der Waals surface area (Å²) >= 11 is 0. The van der Waals surface area contributed by atoms with Crippen LogP contribution in [0.15, 0.2) is 83.5 Å². The second-order valence-electron chi connectivity index (χ2n) is 6.54. The Kier molecular flexibility index (Phi) is 5.09. The SMILES string of the molecule is COc1ccccc1/C=C1/N=C(c2ccccc2)c2cc([N+](=O)[O-])ccc2NC1=O. The number of amides is 1. The van der Waals surface area contributed by atoms with Crippen molar-refractivity contribution in [3.8, 4) is 5.75 Å². The standard InChI is InChI=1S/C23H17N3O4/c1-30-21-10-6-5-9-16(21)13-20-23(27)25-19-12-11-17(26(28)29)14-18(19)22(24-20)15-7-3-2-4-8-15/h2-14H,1H3,(H,25,27)/b20-13+. The summed E-state index contributed by atoms with van der Waals surface area (Å²) in [5, 5.41) is 14.1. The van der Waals surface area contributed by atoms with E-state index in [0.717, 1.165) is 5.56 Å². The molecule has 3 aromatic carbocycles. The van der Waals surface area contributed by atoms with E-state index in [1.165, 1.54) is 18.2 Å². The fourth-order valence-corrected chi connectivity index (χ4v) is 3.22. The van der Waals surface area contributed by atoms with Crippen LogP contribution < -0.4 is 10.1 Å². The number of nitro benzene ring substituents is 1. The monoisotopic (exact) mass is 399 g/mol. The van der Waals surface area contributed by atoms with E-state index in [-0.39, 0.29) is 11.4 Å². The van der Waals surface area contributed by atoms with E-state index in [4.69, 9.17) is 4.74 Å². The second kappa shape index (κ2) is 8.00. The molecule has 0 aliphatic carbocycles. The summed E-state index contributed by atoms with van der Waals surface area (Å²) in [7, 11) is 1.55. The zero-order chi connectivity index (χ0) is 21.1. The van der Waals surface area contributed by atoms with Gasteiger partial charge in [-0.25, -0.2) is 4.99 Å². The third-order valence-electron chi connectivity index (χ3n) is 4.66. The maximum Gasteiger partial charge on any atom is 0.274 e. The van der Waals surface area contributed by atoms with Gasteiger partial charge in [0.05, 0.1) is 23.4 Å². The normalized spacial score (nSPS) is 14.4. The van der Waals surface area contributed by atoms with E-state index in [2.05, 4.69) is 10.3 Å². The van der Waals surface area contributed by atoms with Gasteiger partial charge in [0.25, 0.3) is 11.6 Å². The molecule has 1 aliphatic heterocycles. The lowest BCUT2D eigenvalue weighted by atomic mass is 10.00. The highest BCUT2D eigenvalue weighted by molar-refractivity contribution is 6.23. The molecule has 7 heteroatoms. The summed E-state index contributed by atoms with van der Waals surface area (Å²) in [6.45, 7) is 0. The quantitative estimate of drug-likeness (QED) is 0.399. The number of hydrogen-bond acceptors (Lipinski definition) is 5. The molecular formula is C23H17N3O4. The predicted octanol–water partition coefficient (Wildman–Crippen LogP) is 4.43. The van der Waals surface area contributed by atoms with Gasteiger partial charge in [0.1, 0.15) is 11.4 Å². The van der Waals surface area contributed by atoms with Crippen molar-refractivity contribution < 1.29 is 14.5 Å². The number of nitro groups is 1. The smallest absolute Gasteiger partial charge is 0.274 e. The van der Waals surface area contributed by atoms with Gasteiger partial charge in [-0.3, -0.25) is 14.9 Å². The Labute approximate surface area is 172 Å². The van der Waals surface area contributed by atoms with Crippen molar-refractivity contribution in [1.29, 1.82) is 0 Å². The third-order valence-corrected chi connectivity index (χ3v) is 4.66. The Hall–Kier alpha value is -4.26. The van der Waals surface area contributed by atoms with Crippen LogP contribution in [0.2, 0.25) is 0 Å². The highest BCUT2D eigenvalue weighted by atomic mass is 16.6. The van der Waals surface area contributed by atoms with Gasteiger partial charge in [0.15, 0.2) is 0 Å². The summed E-state index contributed by atoms with van der Waals surface area (Å²) in [6, 6.07) is 20.8. The van der Waals surface area contributed by atoms with Gasteiger partial charge in [-0.05, 0) is 18.2 Å². The number of para-hydroxylation sites is 1. The van der Waals surface area contributed by atoms with Crippen molar-refractivity contribution in [3.05, 3.63) is 105 Å². The van der Waals surface area contributed by atoms with Crippen LogP contribution >= 0.6 is 0 Å². The fourth-order valence-electron chi connectivity index (χ4n) is 3.22. The van der Waals surface area contributed by atoms with Gasteiger partial charge >= 0.3 is 0 Å². The Morgan fingerprint density at radius 3 is 2.50 bits per heavy atom. The van der Waals surface area contributed by atoms with Gasteiger partial charge < -0.3 is 10.1 Å². The molecule has 3 aromatic rings. The number of carbonyl (C=O) groups is 1. The number of nitrogens with zero attached hydrogens (tertiary/aromatic N) is 2. The Morgan fingerprint density at radius 2 is 1.77 bits per heavy atom. The first-order valence-corrected chi connectivity index (χ1v) is 9.16. The number of hydrogen-bond donors (Lipinski definition) is 1. The van der Waals surface area contributed by atoms with E-state index in [9.17, 15) is 14.9 Å². The molecule has 1 heterocycles. The van der Waals surface area contributed by atoms with Crippen molar-refractivity contribution >= 4 is 29.1 Å². The number of nitrogens with one attached hydrogen (secondary N) is 1. The average molecular weight is 399 g/mol. The minimum Gasteiger partial charge on any atom is -0.496 e. The number of aliphatic imine (C=N–C) groups is 1. The molecule has 4 rings (SSSR count). The molecule has 0 saturated carbocycles. The topological polar surface area (TPSA) is 93.8 Å².